The standard InChI is InChI=1S/C12H10N4O2/c1-16-8-9(14-12(18)15-11(8)17)13-10(16)7-5-3-2-4-6-7/h2-6H,1H3,(H2,14,15,17,18)/p+1. The molecule has 0 aliphatic rings. The first-order chi connectivity index (χ1) is 8.66. The predicted molar refractivity (Wildman–Crippen MR) is 66.2 cm³/mol. The van der Waals surface area contributed by atoms with Crippen molar-refractivity contribution in [2.45, 2.75) is 0 Å². The molecule has 0 atom stereocenters. The Balaban J connectivity index is 2.40. The molecule has 1 aromatic carbocycles. The summed E-state index contributed by atoms with van der Waals surface area (Å²) in [6, 6.07) is 9.59. The van der Waals surface area contributed by atoms with Crippen LogP contribution in [0.15, 0.2) is 39.9 Å². The van der Waals surface area contributed by atoms with Crippen LogP contribution in [0.5, 0.6) is 0 Å². The molecule has 0 saturated heterocycles. The number of aromatic amines is 3. The Morgan fingerprint density at radius 1 is 1.00 bits per heavy atom. The van der Waals surface area contributed by atoms with Crippen molar-refractivity contribution < 1.29 is 4.57 Å². The van der Waals surface area contributed by atoms with Crippen LogP contribution >= 0.6 is 0 Å². The summed E-state index contributed by atoms with van der Waals surface area (Å²) < 4.78 is 1.72. The predicted octanol–water partition coefficient (Wildman–Crippen LogP) is 0.0360. The molecule has 0 spiro atoms. The van der Waals surface area contributed by atoms with Gasteiger partial charge in [0.15, 0.2) is 0 Å². The topological polar surface area (TPSA) is 85.4 Å². The van der Waals surface area contributed by atoms with Crippen molar-refractivity contribution in [1.82, 2.24) is 15.0 Å². The average Bonchev–Trinajstić information content (AvgIpc) is 2.67. The lowest BCUT2D eigenvalue weighted by atomic mass is 10.2. The molecule has 3 rings (SSSR count). The summed E-state index contributed by atoms with van der Waals surface area (Å²) in [4.78, 5) is 30.8. The number of fused-ring (bicyclic) bond motifs is 1. The Morgan fingerprint density at radius 2 is 1.72 bits per heavy atom. The van der Waals surface area contributed by atoms with Gasteiger partial charge < -0.3 is 0 Å². The van der Waals surface area contributed by atoms with Gasteiger partial charge in [0.05, 0.1) is 12.6 Å². The van der Waals surface area contributed by atoms with Gasteiger partial charge in [-0.05, 0) is 12.1 Å². The number of H-pyrrole nitrogens is 3. The lowest BCUT2D eigenvalue weighted by Gasteiger charge is -1.93. The number of aromatic nitrogens is 4. The summed E-state index contributed by atoms with van der Waals surface area (Å²) in [5.74, 6) is 0.762. The smallest absolute Gasteiger partial charge is 0.270 e. The SMILES string of the molecule is C[n+]1c(-c2ccccc2)[nH]c2[nH]c(=O)[nH]c(=O)c21. The molecule has 18 heavy (non-hydrogen) atoms. The van der Waals surface area contributed by atoms with E-state index in [2.05, 4.69) is 15.0 Å². The van der Waals surface area contributed by atoms with Crippen LogP contribution in [-0.2, 0) is 7.05 Å². The molecule has 0 radical (unpaired) electrons. The van der Waals surface area contributed by atoms with Crippen molar-refractivity contribution in [1.29, 1.82) is 0 Å². The Bertz CT molecular complexity index is 827. The lowest BCUT2D eigenvalue weighted by molar-refractivity contribution is -0.633. The normalized spacial score (nSPS) is 10.9. The van der Waals surface area contributed by atoms with Gasteiger partial charge >= 0.3 is 11.2 Å². The summed E-state index contributed by atoms with van der Waals surface area (Å²) in [5.41, 5.74) is 0.846. The molecule has 90 valence electrons. The number of hydrogen-bond acceptors (Lipinski definition) is 2. The second-order valence-corrected chi connectivity index (χ2v) is 4.03. The van der Waals surface area contributed by atoms with Crippen molar-refractivity contribution in [3.05, 3.63) is 51.2 Å². The van der Waals surface area contributed by atoms with E-state index in [1.54, 1.807) is 11.6 Å². The lowest BCUT2D eigenvalue weighted by Crippen LogP contribution is -2.36. The molecule has 0 aliphatic carbocycles. The minimum Gasteiger partial charge on any atom is -0.270 e. The second-order valence-electron chi connectivity index (χ2n) is 4.03. The fourth-order valence-electron chi connectivity index (χ4n) is 2.07. The molecule has 0 fully saturated rings. The Kier molecular flexibility index (Phi) is 2.16. The highest BCUT2D eigenvalue weighted by atomic mass is 16.2. The first kappa shape index (κ1) is 10.5. The summed E-state index contributed by atoms with van der Waals surface area (Å²) in [5, 5.41) is 0. The molecule has 3 aromatic rings. The molecule has 0 bridgehead atoms. The second kappa shape index (κ2) is 3.69. The fraction of sp³-hybridized carbons (Fsp3) is 0.0833. The minimum absolute atomic E-state index is 0.408. The Labute approximate surface area is 101 Å². The number of hydrogen-bond donors (Lipinski definition) is 3. The van der Waals surface area contributed by atoms with Gasteiger partial charge in [0.25, 0.3) is 17.0 Å². The summed E-state index contributed by atoms with van der Waals surface area (Å²) in [7, 11) is 1.77. The van der Waals surface area contributed by atoms with Gasteiger partial charge in [-0.15, -0.1) is 0 Å². The molecule has 0 amide bonds. The van der Waals surface area contributed by atoms with Crippen LogP contribution in [0.3, 0.4) is 0 Å². The van der Waals surface area contributed by atoms with Crippen LogP contribution in [0.2, 0.25) is 0 Å². The molecule has 0 aliphatic heterocycles. The van der Waals surface area contributed by atoms with Gasteiger partial charge in [-0.2, -0.15) is 0 Å². The number of nitrogens with zero attached hydrogens (tertiary/aromatic N) is 1. The van der Waals surface area contributed by atoms with Crippen molar-refractivity contribution in [2.24, 2.45) is 7.05 Å². The zero-order valence-electron chi connectivity index (χ0n) is 9.65. The van der Waals surface area contributed by atoms with Crippen LogP contribution in [0.4, 0.5) is 0 Å². The van der Waals surface area contributed by atoms with Crippen LogP contribution in [-0.4, -0.2) is 15.0 Å². The highest BCUT2D eigenvalue weighted by Crippen LogP contribution is 2.14. The molecule has 2 aromatic heterocycles. The van der Waals surface area contributed by atoms with Crippen LogP contribution in [0.1, 0.15) is 0 Å². The van der Waals surface area contributed by atoms with Crippen molar-refractivity contribution in [3.63, 3.8) is 0 Å². The minimum atomic E-state index is -0.519. The quantitative estimate of drug-likeness (QED) is 0.527. The molecule has 6 nitrogen and oxygen atoms in total. The number of benzene rings is 1. The number of aryl methyl sites for hydroxylation is 1. The van der Waals surface area contributed by atoms with E-state index in [4.69, 9.17) is 0 Å². The van der Waals surface area contributed by atoms with E-state index in [1.165, 1.54) is 0 Å². The van der Waals surface area contributed by atoms with Crippen LogP contribution < -0.4 is 15.8 Å². The maximum Gasteiger partial charge on any atom is 0.329 e. The largest absolute Gasteiger partial charge is 0.329 e. The van der Waals surface area contributed by atoms with Gasteiger partial charge in [0.1, 0.15) is 0 Å². The molecular weight excluding hydrogens is 232 g/mol. The molecule has 0 saturated carbocycles. The summed E-state index contributed by atoms with van der Waals surface area (Å²) in [6.45, 7) is 0. The van der Waals surface area contributed by atoms with Crippen LogP contribution in [0.25, 0.3) is 22.6 Å². The van der Waals surface area contributed by atoms with E-state index in [1.807, 2.05) is 30.3 Å². The van der Waals surface area contributed by atoms with E-state index in [0.717, 1.165) is 11.4 Å². The van der Waals surface area contributed by atoms with Crippen molar-refractivity contribution in [2.75, 3.05) is 0 Å². The first-order valence-corrected chi connectivity index (χ1v) is 5.46. The average molecular weight is 243 g/mol. The van der Waals surface area contributed by atoms with Crippen LogP contribution in [0, 0.1) is 0 Å². The van der Waals surface area contributed by atoms with Gasteiger partial charge in [-0.3, -0.25) is 14.8 Å². The molecule has 6 heteroatoms. The molecule has 0 unspecified atom stereocenters. The highest BCUT2D eigenvalue weighted by Gasteiger charge is 2.20. The number of rotatable bonds is 1. The summed E-state index contributed by atoms with van der Waals surface area (Å²) in [6.07, 6.45) is 0. The monoisotopic (exact) mass is 243 g/mol. The van der Waals surface area contributed by atoms with Gasteiger partial charge in [-0.1, -0.05) is 18.2 Å². The molecule has 3 N–H and O–H groups in total. The van der Waals surface area contributed by atoms with Crippen molar-refractivity contribution >= 4 is 11.2 Å². The Morgan fingerprint density at radius 3 is 2.44 bits per heavy atom. The zero-order chi connectivity index (χ0) is 12.7. The van der Waals surface area contributed by atoms with E-state index < -0.39 is 11.2 Å². The van der Waals surface area contributed by atoms with Crippen molar-refractivity contribution in [3.8, 4) is 11.4 Å². The molecule has 2 heterocycles. The van der Waals surface area contributed by atoms with E-state index >= 15 is 0 Å². The number of imidazole rings is 1. The van der Waals surface area contributed by atoms with Gasteiger partial charge in [0.2, 0.25) is 0 Å². The van der Waals surface area contributed by atoms with E-state index in [0.29, 0.717) is 11.2 Å². The van der Waals surface area contributed by atoms with Gasteiger partial charge in [-0.25, -0.2) is 14.3 Å². The van der Waals surface area contributed by atoms with Gasteiger partial charge in [0, 0.05) is 0 Å². The maximum absolute atomic E-state index is 11.7. The maximum atomic E-state index is 11.7. The van der Waals surface area contributed by atoms with E-state index in [9.17, 15) is 9.59 Å². The Hall–Kier alpha value is -2.63. The fourth-order valence-corrected chi connectivity index (χ4v) is 2.07. The third kappa shape index (κ3) is 1.46. The molecular formula is C12H11N4O2+. The number of nitrogens with one attached hydrogen (secondary N) is 3. The third-order valence-electron chi connectivity index (χ3n) is 2.88. The summed E-state index contributed by atoms with van der Waals surface area (Å²) >= 11 is 0. The zero-order valence-corrected chi connectivity index (χ0v) is 9.65. The van der Waals surface area contributed by atoms with E-state index in [-0.39, 0.29) is 0 Å². The first-order valence-electron chi connectivity index (χ1n) is 5.46. The highest BCUT2D eigenvalue weighted by molar-refractivity contribution is 5.69. The third-order valence-corrected chi connectivity index (χ3v) is 2.88.